The maximum atomic E-state index is 12.3. The van der Waals surface area contributed by atoms with Crippen LogP contribution in [0.5, 0.6) is 0 Å². The lowest BCUT2D eigenvalue weighted by molar-refractivity contribution is 0.0184. The first kappa shape index (κ1) is 23.3. The average molecular weight is 543 g/mol. The van der Waals surface area contributed by atoms with Crippen LogP contribution in [0.1, 0.15) is 45.3 Å². The monoisotopic (exact) mass is 542 g/mol. The van der Waals surface area contributed by atoms with Crippen molar-refractivity contribution < 1.29 is 9.53 Å². The fourth-order valence-corrected chi connectivity index (χ4v) is 4.36. The first-order valence-corrected chi connectivity index (χ1v) is 12.2. The van der Waals surface area contributed by atoms with Crippen LogP contribution in [0, 0.1) is 0 Å². The molecule has 5 rings (SSSR count). The van der Waals surface area contributed by atoms with E-state index in [1.807, 2.05) is 56.2 Å². The SMILES string of the molecule is CC(C)(C)OC(=O)N1CCC(n2cc(Cn3cc(Nc4nc5c(Br)cccn5n4)cn3)nn2)CC1. The van der Waals surface area contributed by atoms with Gasteiger partial charge in [-0.05, 0) is 61.7 Å². The molecule has 0 atom stereocenters. The number of fused-ring (bicyclic) bond motifs is 1. The highest BCUT2D eigenvalue weighted by molar-refractivity contribution is 9.10. The summed E-state index contributed by atoms with van der Waals surface area (Å²) in [6, 6.07) is 4.01. The van der Waals surface area contributed by atoms with Gasteiger partial charge in [0.25, 0.3) is 0 Å². The predicted molar refractivity (Wildman–Crippen MR) is 131 cm³/mol. The molecule has 0 unspecified atom stereocenters. The number of hydrogen-bond acceptors (Lipinski definition) is 8. The van der Waals surface area contributed by atoms with Crippen LogP contribution < -0.4 is 5.32 Å². The number of hydrogen-bond donors (Lipinski definition) is 1. The molecule has 1 aliphatic heterocycles. The number of aromatic nitrogens is 8. The number of ether oxygens (including phenoxy) is 1. The summed E-state index contributed by atoms with van der Waals surface area (Å²) in [6.45, 7) is 7.39. The first-order valence-electron chi connectivity index (χ1n) is 11.4. The van der Waals surface area contributed by atoms with Gasteiger partial charge in [-0.3, -0.25) is 4.68 Å². The number of halogens is 1. The van der Waals surface area contributed by atoms with E-state index in [2.05, 4.69) is 46.7 Å². The van der Waals surface area contributed by atoms with Crippen LogP contribution in [0.3, 0.4) is 0 Å². The van der Waals surface area contributed by atoms with Gasteiger partial charge in [-0.25, -0.2) is 14.0 Å². The highest BCUT2D eigenvalue weighted by atomic mass is 79.9. The zero-order chi connectivity index (χ0) is 24.6. The lowest BCUT2D eigenvalue weighted by atomic mass is 10.1. The number of amides is 1. The maximum Gasteiger partial charge on any atom is 0.410 e. The molecule has 1 N–H and O–H groups in total. The third-order valence-electron chi connectivity index (χ3n) is 5.58. The first-order chi connectivity index (χ1) is 16.7. The highest BCUT2D eigenvalue weighted by Crippen LogP contribution is 2.24. The summed E-state index contributed by atoms with van der Waals surface area (Å²) in [4.78, 5) is 18.5. The summed E-state index contributed by atoms with van der Waals surface area (Å²) in [5.74, 6) is 0.486. The van der Waals surface area contributed by atoms with Crippen LogP contribution in [-0.4, -0.2) is 69.1 Å². The van der Waals surface area contributed by atoms with Gasteiger partial charge in [0.2, 0.25) is 5.95 Å². The lowest BCUT2D eigenvalue weighted by Crippen LogP contribution is -2.42. The predicted octanol–water partition coefficient (Wildman–Crippen LogP) is 3.64. The van der Waals surface area contributed by atoms with Crippen molar-refractivity contribution in [3.63, 3.8) is 0 Å². The molecule has 0 spiro atoms. The van der Waals surface area contributed by atoms with Crippen molar-refractivity contribution >= 4 is 39.3 Å². The molecule has 4 aromatic heterocycles. The van der Waals surface area contributed by atoms with Crippen molar-refractivity contribution in [1.82, 2.24) is 44.3 Å². The quantitative estimate of drug-likeness (QED) is 0.405. The third-order valence-corrected chi connectivity index (χ3v) is 6.20. The van der Waals surface area contributed by atoms with Gasteiger partial charge in [0.05, 0.1) is 35.1 Å². The van der Waals surface area contributed by atoms with E-state index in [-0.39, 0.29) is 12.1 Å². The van der Waals surface area contributed by atoms with E-state index >= 15 is 0 Å². The molecule has 0 bridgehead atoms. The minimum Gasteiger partial charge on any atom is -0.444 e. The minimum atomic E-state index is -0.489. The van der Waals surface area contributed by atoms with E-state index in [0.717, 1.165) is 34.3 Å². The van der Waals surface area contributed by atoms with E-state index in [4.69, 9.17) is 4.74 Å². The summed E-state index contributed by atoms with van der Waals surface area (Å²) in [5, 5.41) is 20.6. The van der Waals surface area contributed by atoms with Crippen molar-refractivity contribution in [1.29, 1.82) is 0 Å². The number of nitrogens with zero attached hydrogens (tertiary/aromatic N) is 9. The Bertz CT molecular complexity index is 1330. The molecule has 0 aliphatic carbocycles. The largest absolute Gasteiger partial charge is 0.444 e. The summed E-state index contributed by atoms with van der Waals surface area (Å²) in [5.41, 5.74) is 1.83. The number of nitrogens with one attached hydrogen (secondary N) is 1. The number of carbonyl (C=O) groups excluding carboxylic acids is 1. The van der Waals surface area contributed by atoms with Crippen molar-refractivity contribution in [2.45, 2.75) is 51.8 Å². The van der Waals surface area contributed by atoms with Gasteiger partial charge in [0.1, 0.15) is 11.3 Å². The number of pyridine rings is 1. The van der Waals surface area contributed by atoms with Crippen LogP contribution in [0.25, 0.3) is 5.65 Å². The van der Waals surface area contributed by atoms with E-state index in [9.17, 15) is 4.79 Å². The topological polar surface area (TPSA) is 120 Å². The second-order valence-electron chi connectivity index (χ2n) is 9.50. The molecule has 0 aromatic carbocycles. The fourth-order valence-electron chi connectivity index (χ4n) is 3.94. The number of carbonyl (C=O) groups is 1. The molecule has 13 heteroatoms. The molecule has 1 aliphatic rings. The molecule has 1 amide bonds. The zero-order valence-corrected chi connectivity index (χ0v) is 21.4. The summed E-state index contributed by atoms with van der Waals surface area (Å²) in [7, 11) is 0. The Labute approximate surface area is 210 Å². The van der Waals surface area contributed by atoms with Crippen LogP contribution in [0.4, 0.5) is 16.4 Å². The van der Waals surface area contributed by atoms with E-state index in [1.54, 1.807) is 20.3 Å². The summed E-state index contributed by atoms with van der Waals surface area (Å²) >= 11 is 3.48. The molecule has 1 fully saturated rings. The van der Waals surface area contributed by atoms with Crippen LogP contribution in [-0.2, 0) is 11.3 Å². The van der Waals surface area contributed by atoms with Gasteiger partial charge in [0, 0.05) is 25.5 Å². The molecular weight excluding hydrogens is 516 g/mol. The number of anilines is 2. The molecule has 0 radical (unpaired) electrons. The molecule has 1 saturated heterocycles. The van der Waals surface area contributed by atoms with Gasteiger partial charge in [-0.2, -0.15) is 10.1 Å². The second-order valence-corrected chi connectivity index (χ2v) is 10.4. The number of rotatable bonds is 5. The second kappa shape index (κ2) is 9.29. The van der Waals surface area contributed by atoms with Gasteiger partial charge in [-0.1, -0.05) is 5.21 Å². The van der Waals surface area contributed by atoms with Gasteiger partial charge in [-0.15, -0.1) is 10.2 Å². The Morgan fingerprint density at radius 1 is 1.26 bits per heavy atom. The van der Waals surface area contributed by atoms with Crippen LogP contribution in [0.2, 0.25) is 0 Å². The minimum absolute atomic E-state index is 0.199. The molecular formula is C22H27BrN10O2. The summed E-state index contributed by atoms with van der Waals surface area (Å²) < 4.78 is 11.7. The van der Waals surface area contributed by atoms with Crippen molar-refractivity contribution in [3.05, 3.63) is 47.1 Å². The van der Waals surface area contributed by atoms with Gasteiger partial charge < -0.3 is 15.0 Å². The van der Waals surface area contributed by atoms with Gasteiger partial charge >= 0.3 is 6.09 Å². The smallest absolute Gasteiger partial charge is 0.410 e. The summed E-state index contributed by atoms with van der Waals surface area (Å²) in [6.07, 6.45) is 8.73. The average Bonchev–Trinajstić information content (AvgIpc) is 3.54. The Balaban J connectivity index is 1.16. The van der Waals surface area contributed by atoms with Crippen molar-refractivity contribution in [2.75, 3.05) is 18.4 Å². The van der Waals surface area contributed by atoms with Crippen molar-refractivity contribution in [2.24, 2.45) is 0 Å². The third kappa shape index (κ3) is 5.45. The Kier molecular flexibility index (Phi) is 6.17. The highest BCUT2D eigenvalue weighted by Gasteiger charge is 2.28. The number of piperidine rings is 1. The molecule has 5 heterocycles. The molecule has 12 nitrogen and oxygen atoms in total. The molecule has 4 aromatic rings. The van der Waals surface area contributed by atoms with Crippen LogP contribution >= 0.6 is 15.9 Å². The van der Waals surface area contributed by atoms with Crippen LogP contribution in [0.15, 0.2) is 41.4 Å². The Hall–Kier alpha value is -3.48. The molecule has 35 heavy (non-hydrogen) atoms. The van der Waals surface area contributed by atoms with E-state index in [0.29, 0.717) is 25.6 Å². The Morgan fingerprint density at radius 2 is 2.06 bits per heavy atom. The van der Waals surface area contributed by atoms with Crippen molar-refractivity contribution in [3.8, 4) is 0 Å². The standard InChI is InChI=1S/C22H27BrN10O2/c1-22(2,3)35-21(34)30-9-6-17(7-10-30)33-14-16(27-29-33)13-31-12-15(11-24-31)25-20-26-19-18(23)5-4-8-32(19)28-20/h4-5,8,11-12,14,17H,6-7,9-10,13H2,1-3H3,(H,25,28). The van der Waals surface area contributed by atoms with E-state index < -0.39 is 5.60 Å². The maximum absolute atomic E-state index is 12.3. The molecule has 184 valence electrons. The van der Waals surface area contributed by atoms with Gasteiger partial charge in [0.15, 0.2) is 5.65 Å². The normalized spacial score (nSPS) is 15.0. The molecule has 0 saturated carbocycles. The fraction of sp³-hybridized carbons (Fsp3) is 0.455. The van der Waals surface area contributed by atoms with E-state index in [1.165, 1.54) is 0 Å². The zero-order valence-electron chi connectivity index (χ0n) is 19.8. The lowest BCUT2D eigenvalue weighted by Gasteiger charge is -2.33. The Morgan fingerprint density at radius 3 is 2.80 bits per heavy atom. The number of likely N-dealkylation sites (tertiary alicyclic amines) is 1.